The Hall–Kier alpha value is -2.64. The van der Waals surface area contributed by atoms with Crippen LogP contribution in [0.1, 0.15) is 65.5 Å². The maximum Gasteiger partial charge on any atom is 0.391 e. The Morgan fingerprint density at radius 3 is 1.85 bits per heavy atom. The quantitative estimate of drug-likeness (QED) is 0.711. The van der Waals surface area contributed by atoms with Crippen LogP contribution in [-0.4, -0.2) is 0 Å². The van der Waals surface area contributed by atoms with Crippen molar-refractivity contribution in [1.29, 1.82) is 0 Å². The van der Waals surface area contributed by atoms with E-state index in [9.17, 15) is 9.59 Å². The van der Waals surface area contributed by atoms with Crippen LogP contribution >= 0.6 is 0 Å². The third-order valence-corrected chi connectivity index (χ3v) is 5.11. The molecule has 8 heteroatoms. The number of rotatable bonds is 4. The molecule has 2 rings (SSSR count). The van der Waals surface area contributed by atoms with E-state index < -0.39 is 16.7 Å². The zero-order valence-corrected chi connectivity index (χ0v) is 15.8. The van der Waals surface area contributed by atoms with E-state index in [1.807, 2.05) is 26.8 Å². The summed E-state index contributed by atoms with van der Waals surface area (Å²) in [6, 6.07) is 3.33. The lowest BCUT2D eigenvalue weighted by molar-refractivity contribution is -0.416. The van der Waals surface area contributed by atoms with Gasteiger partial charge in [0.1, 0.15) is 0 Å². The normalized spacial score (nSPS) is 12.1. The molecule has 144 valence electrons. The van der Waals surface area contributed by atoms with Crippen molar-refractivity contribution >= 4 is 10.8 Å². The largest absolute Gasteiger partial charge is 0.391 e. The summed E-state index contributed by atoms with van der Waals surface area (Å²) in [5, 5.41) is 0.0336. The molecule has 0 unspecified atom stereocenters. The van der Waals surface area contributed by atoms with Crippen molar-refractivity contribution in [3.63, 3.8) is 0 Å². The Bertz CT molecular complexity index is 967. The molecule has 0 aliphatic heterocycles. The summed E-state index contributed by atoms with van der Waals surface area (Å²) in [7, 11) is 0. The highest BCUT2D eigenvalue weighted by molar-refractivity contribution is 5.85. The molecule has 26 heavy (non-hydrogen) atoms. The van der Waals surface area contributed by atoms with Gasteiger partial charge in [-0.1, -0.05) is 47.6 Å². The molecular weight excluding hydrogens is 344 g/mol. The highest BCUT2D eigenvalue weighted by atomic mass is 17.5. The highest BCUT2D eigenvalue weighted by Crippen LogP contribution is 2.40. The van der Waals surface area contributed by atoms with Gasteiger partial charge in [0.05, 0.1) is 10.8 Å². The minimum Gasteiger partial charge on any atom is -0.241 e. The Labute approximate surface area is 149 Å². The van der Waals surface area contributed by atoms with Gasteiger partial charge in [-0.2, -0.15) is 0 Å². The van der Waals surface area contributed by atoms with Crippen LogP contribution in [0.2, 0.25) is 0 Å². The maximum absolute atomic E-state index is 12.7. The Morgan fingerprint density at radius 1 is 0.769 bits per heavy atom. The third-order valence-electron chi connectivity index (χ3n) is 5.11. The van der Waals surface area contributed by atoms with E-state index in [0.29, 0.717) is 5.56 Å². The summed E-state index contributed by atoms with van der Waals surface area (Å²) in [6.07, 6.45) is 1.55. The van der Waals surface area contributed by atoms with Crippen molar-refractivity contribution < 1.29 is 28.1 Å². The van der Waals surface area contributed by atoms with Crippen LogP contribution < -0.4 is 11.3 Å². The predicted octanol–water partition coefficient (Wildman–Crippen LogP) is 4.74. The second-order valence-electron chi connectivity index (χ2n) is 7.40. The van der Waals surface area contributed by atoms with Crippen molar-refractivity contribution in [2.24, 2.45) is 0 Å². The van der Waals surface area contributed by atoms with E-state index in [4.69, 9.17) is 0 Å². The SMILES string of the molecule is CCC(C)(C)c1ccc2c(=O)ooooooc(=O)c2c1C(C)(C)CC. The van der Waals surface area contributed by atoms with E-state index in [-0.39, 0.29) is 16.2 Å². The number of hydrogen-bond donors (Lipinski definition) is 0. The first kappa shape index (κ1) is 19.7. The average molecular weight is 368 g/mol. The zero-order valence-electron chi connectivity index (χ0n) is 15.8. The Morgan fingerprint density at radius 2 is 1.31 bits per heavy atom. The van der Waals surface area contributed by atoms with Gasteiger partial charge in [-0.25, -0.2) is 18.7 Å². The lowest BCUT2D eigenvalue weighted by atomic mass is 9.70. The van der Waals surface area contributed by atoms with Gasteiger partial charge in [-0.15, -0.1) is 0 Å². The molecular formula is C18H24O8. The highest BCUT2D eigenvalue weighted by Gasteiger charge is 2.32. The van der Waals surface area contributed by atoms with Crippen molar-refractivity contribution in [2.75, 3.05) is 0 Å². The standard InChI is InChI=1S/C18H24O8/c1-7-17(3,4)12-10-9-11-13(14(12)18(5,6)8-2)16(20)22-24-26-25-23-21-15(11)19/h9-10H,7-8H2,1-6H3. The fourth-order valence-corrected chi connectivity index (χ4v) is 2.82. The molecule has 0 spiro atoms. The molecule has 1 aromatic carbocycles. The van der Waals surface area contributed by atoms with Crippen LogP contribution in [0.5, 0.6) is 0 Å². The molecule has 0 saturated carbocycles. The fourth-order valence-electron chi connectivity index (χ4n) is 2.82. The Balaban J connectivity index is 3.24. The summed E-state index contributed by atoms with van der Waals surface area (Å²) in [4.78, 5) is 25.0. The monoisotopic (exact) mass is 368 g/mol. The van der Waals surface area contributed by atoms with Crippen molar-refractivity contribution in [3.05, 3.63) is 44.1 Å². The van der Waals surface area contributed by atoms with Crippen LogP contribution in [0.15, 0.2) is 49.8 Å². The molecule has 0 atom stereocenters. The van der Waals surface area contributed by atoms with Crippen LogP contribution in [-0.2, 0) is 10.8 Å². The first-order chi connectivity index (χ1) is 12.2. The van der Waals surface area contributed by atoms with Crippen molar-refractivity contribution in [2.45, 2.75) is 65.2 Å². The first-order valence-electron chi connectivity index (χ1n) is 8.43. The number of fused-ring (bicyclic) bond motifs is 1. The summed E-state index contributed by atoms with van der Waals surface area (Å²) >= 11 is 0. The fraction of sp³-hybridized carbons (Fsp3) is 0.556. The van der Waals surface area contributed by atoms with Crippen molar-refractivity contribution in [1.82, 2.24) is 0 Å². The molecule has 1 aromatic heterocycles. The molecule has 0 saturated heterocycles. The lowest BCUT2D eigenvalue weighted by Crippen LogP contribution is -2.27. The molecule has 2 aromatic rings. The molecule has 0 aliphatic rings. The van der Waals surface area contributed by atoms with Crippen molar-refractivity contribution in [3.8, 4) is 0 Å². The predicted molar refractivity (Wildman–Crippen MR) is 92.0 cm³/mol. The number of benzene rings is 1. The first-order valence-corrected chi connectivity index (χ1v) is 8.43. The molecule has 0 bridgehead atoms. The molecule has 0 fully saturated rings. The lowest BCUT2D eigenvalue weighted by Gasteiger charge is -2.34. The summed E-state index contributed by atoms with van der Waals surface area (Å²) in [5.74, 6) is 0. The average Bonchev–Trinajstić information content (AvgIpc) is 2.62. The van der Waals surface area contributed by atoms with E-state index >= 15 is 0 Å². The molecule has 0 amide bonds. The van der Waals surface area contributed by atoms with Gasteiger partial charge in [0, 0.05) is 0 Å². The van der Waals surface area contributed by atoms with Crippen LogP contribution in [0.3, 0.4) is 0 Å². The van der Waals surface area contributed by atoms with Gasteiger partial charge in [0.25, 0.3) is 0 Å². The molecule has 0 radical (unpaired) electrons. The zero-order chi connectivity index (χ0) is 19.5. The smallest absolute Gasteiger partial charge is 0.241 e. The Kier molecular flexibility index (Phi) is 5.53. The van der Waals surface area contributed by atoms with Gasteiger partial charge in [-0.3, -0.25) is 0 Å². The minimum atomic E-state index is -0.920. The minimum absolute atomic E-state index is 0.0173. The van der Waals surface area contributed by atoms with Crippen LogP contribution in [0.4, 0.5) is 0 Å². The van der Waals surface area contributed by atoms with Gasteiger partial charge >= 0.3 is 11.3 Å². The second-order valence-corrected chi connectivity index (χ2v) is 7.40. The van der Waals surface area contributed by atoms with Crippen LogP contribution in [0, 0.1) is 0 Å². The van der Waals surface area contributed by atoms with E-state index in [0.717, 1.165) is 18.4 Å². The summed E-state index contributed by atoms with van der Waals surface area (Å²) < 4.78 is 25.2. The van der Waals surface area contributed by atoms with Gasteiger partial charge < -0.3 is 0 Å². The number of hydrogen-bond acceptors (Lipinski definition) is 8. The van der Waals surface area contributed by atoms with E-state index in [2.05, 4.69) is 48.9 Å². The third kappa shape index (κ3) is 3.63. The second kappa shape index (κ2) is 7.31. The summed E-state index contributed by atoms with van der Waals surface area (Å²) in [6.45, 7) is 12.2. The summed E-state index contributed by atoms with van der Waals surface area (Å²) in [5.41, 5.74) is -0.867. The van der Waals surface area contributed by atoms with Gasteiger partial charge in [0.2, 0.25) is 0 Å². The maximum atomic E-state index is 12.7. The van der Waals surface area contributed by atoms with Crippen LogP contribution in [0.25, 0.3) is 10.8 Å². The van der Waals surface area contributed by atoms with Gasteiger partial charge in [-0.05, 0) is 59.8 Å². The van der Waals surface area contributed by atoms with E-state index in [1.165, 1.54) is 6.07 Å². The molecule has 1 heterocycles. The van der Waals surface area contributed by atoms with Gasteiger partial charge in [0.15, 0.2) is 0 Å². The molecule has 0 N–H and O–H groups in total. The molecule has 0 aliphatic carbocycles. The molecule has 8 nitrogen and oxygen atoms in total. The van der Waals surface area contributed by atoms with E-state index in [1.54, 1.807) is 0 Å². The topological polar surface area (TPSA) is 113 Å².